The second kappa shape index (κ2) is 11.1. The van der Waals surface area contributed by atoms with Crippen LogP contribution in [0.1, 0.15) is 52.4 Å². The highest BCUT2D eigenvalue weighted by atomic mass is 16.2. The molecule has 4 aromatic carbocycles. The van der Waals surface area contributed by atoms with Gasteiger partial charge < -0.3 is 10.6 Å². The van der Waals surface area contributed by atoms with Gasteiger partial charge in [-0.15, -0.1) is 0 Å². The third-order valence-corrected chi connectivity index (χ3v) is 5.89. The van der Waals surface area contributed by atoms with Gasteiger partial charge in [0, 0.05) is 12.3 Å². The maximum absolute atomic E-state index is 13.1. The van der Waals surface area contributed by atoms with Crippen LogP contribution < -0.4 is 10.6 Å². The molecule has 1 atom stereocenters. The van der Waals surface area contributed by atoms with Crippen LogP contribution in [-0.2, 0) is 4.79 Å². The van der Waals surface area contributed by atoms with E-state index in [0.29, 0.717) is 11.3 Å². The van der Waals surface area contributed by atoms with E-state index in [-0.39, 0.29) is 30.2 Å². The Morgan fingerprint density at radius 2 is 1.12 bits per heavy atom. The summed E-state index contributed by atoms with van der Waals surface area (Å²) in [6.07, 6.45) is 0.268. The number of nitrogens with one attached hydrogen (secondary N) is 2. The molecular weight excluding hydrogens is 420 g/mol. The smallest absolute Gasteiger partial charge is 0.253 e. The summed E-state index contributed by atoms with van der Waals surface area (Å²) in [7, 11) is 0. The van der Waals surface area contributed by atoms with Crippen LogP contribution >= 0.6 is 0 Å². The second-order valence-electron chi connectivity index (χ2n) is 8.28. The van der Waals surface area contributed by atoms with Gasteiger partial charge in [0.2, 0.25) is 5.91 Å². The first-order valence-electron chi connectivity index (χ1n) is 11.5. The topological polar surface area (TPSA) is 58.2 Å². The second-order valence-corrected chi connectivity index (χ2v) is 8.28. The number of carbonyl (C=O) groups excluding carboxylic acids is 2. The van der Waals surface area contributed by atoms with Crippen molar-refractivity contribution < 1.29 is 9.59 Å². The number of para-hydroxylation sites is 1. The maximum Gasteiger partial charge on any atom is 0.253 e. The summed E-state index contributed by atoms with van der Waals surface area (Å²) in [5.41, 5.74) is 4.11. The SMILES string of the molecule is CC(NC(=O)c1ccccc1NC(=O)CC(c1ccccc1)c1ccccc1)c1ccccc1. The van der Waals surface area contributed by atoms with Crippen LogP contribution in [0.15, 0.2) is 115 Å². The van der Waals surface area contributed by atoms with Crippen molar-refractivity contribution in [2.45, 2.75) is 25.3 Å². The van der Waals surface area contributed by atoms with Gasteiger partial charge >= 0.3 is 0 Å². The van der Waals surface area contributed by atoms with Gasteiger partial charge in [-0.25, -0.2) is 0 Å². The average molecular weight is 449 g/mol. The molecule has 0 heterocycles. The average Bonchev–Trinajstić information content (AvgIpc) is 2.89. The van der Waals surface area contributed by atoms with Crippen LogP contribution in [0.3, 0.4) is 0 Å². The van der Waals surface area contributed by atoms with E-state index in [9.17, 15) is 9.59 Å². The molecule has 4 heteroatoms. The molecule has 4 aromatic rings. The Hall–Kier alpha value is -4.18. The number of carbonyl (C=O) groups is 2. The Bertz CT molecular complexity index is 1180. The Balaban J connectivity index is 1.50. The zero-order chi connectivity index (χ0) is 23.8. The molecule has 0 bridgehead atoms. The Morgan fingerprint density at radius 1 is 0.647 bits per heavy atom. The molecule has 4 nitrogen and oxygen atoms in total. The molecule has 0 radical (unpaired) electrons. The van der Waals surface area contributed by atoms with Crippen molar-refractivity contribution in [1.29, 1.82) is 0 Å². The molecule has 34 heavy (non-hydrogen) atoms. The summed E-state index contributed by atoms with van der Waals surface area (Å²) in [6.45, 7) is 1.94. The van der Waals surface area contributed by atoms with E-state index in [1.807, 2.05) is 104 Å². The van der Waals surface area contributed by atoms with E-state index in [4.69, 9.17) is 0 Å². The summed E-state index contributed by atoms with van der Waals surface area (Å²) < 4.78 is 0. The van der Waals surface area contributed by atoms with Crippen LogP contribution in [0, 0.1) is 0 Å². The quantitative estimate of drug-likeness (QED) is 0.330. The molecular formula is C30H28N2O2. The van der Waals surface area contributed by atoms with Crippen LogP contribution in [0.2, 0.25) is 0 Å². The van der Waals surface area contributed by atoms with Gasteiger partial charge in [0.1, 0.15) is 0 Å². The summed E-state index contributed by atoms with van der Waals surface area (Å²) in [6, 6.07) is 36.8. The lowest BCUT2D eigenvalue weighted by Gasteiger charge is -2.19. The van der Waals surface area contributed by atoms with Crippen molar-refractivity contribution in [1.82, 2.24) is 5.32 Å². The molecule has 170 valence electrons. The number of amides is 2. The molecule has 2 N–H and O–H groups in total. The van der Waals surface area contributed by atoms with E-state index in [1.165, 1.54) is 0 Å². The lowest BCUT2D eigenvalue weighted by atomic mass is 9.88. The van der Waals surface area contributed by atoms with Gasteiger partial charge in [-0.1, -0.05) is 103 Å². The monoisotopic (exact) mass is 448 g/mol. The van der Waals surface area contributed by atoms with Crippen molar-refractivity contribution in [2.75, 3.05) is 5.32 Å². The fraction of sp³-hybridized carbons (Fsp3) is 0.133. The van der Waals surface area contributed by atoms with Crippen molar-refractivity contribution in [3.63, 3.8) is 0 Å². The predicted octanol–water partition coefficient (Wildman–Crippen LogP) is 6.34. The van der Waals surface area contributed by atoms with E-state index in [1.54, 1.807) is 18.2 Å². The standard InChI is InChI=1S/C30H28N2O2/c1-22(23-13-5-2-6-14-23)31-30(34)26-19-11-12-20-28(26)32-29(33)21-27(24-15-7-3-8-16-24)25-17-9-4-10-18-25/h2-20,22,27H,21H2,1H3,(H,31,34)(H,32,33). The molecule has 0 aliphatic carbocycles. The van der Waals surface area contributed by atoms with E-state index in [2.05, 4.69) is 10.6 Å². The van der Waals surface area contributed by atoms with Gasteiger partial charge in [0.25, 0.3) is 5.91 Å². The zero-order valence-corrected chi connectivity index (χ0v) is 19.1. The fourth-order valence-electron chi connectivity index (χ4n) is 4.08. The van der Waals surface area contributed by atoms with E-state index >= 15 is 0 Å². The molecule has 4 rings (SSSR count). The lowest BCUT2D eigenvalue weighted by molar-refractivity contribution is -0.116. The number of hydrogen-bond acceptors (Lipinski definition) is 2. The van der Waals surface area contributed by atoms with Gasteiger partial charge in [-0.2, -0.15) is 0 Å². The molecule has 0 fully saturated rings. The zero-order valence-electron chi connectivity index (χ0n) is 19.1. The number of anilines is 1. The summed E-state index contributed by atoms with van der Waals surface area (Å²) in [4.78, 5) is 26.2. The maximum atomic E-state index is 13.1. The Labute approximate surface area is 200 Å². The first kappa shape index (κ1) is 23.0. The van der Waals surface area contributed by atoms with Crippen molar-refractivity contribution >= 4 is 17.5 Å². The highest BCUT2D eigenvalue weighted by Gasteiger charge is 2.20. The summed E-state index contributed by atoms with van der Waals surface area (Å²) >= 11 is 0. The molecule has 2 amide bonds. The van der Waals surface area contributed by atoms with E-state index < -0.39 is 0 Å². The number of hydrogen-bond donors (Lipinski definition) is 2. The highest BCUT2D eigenvalue weighted by molar-refractivity contribution is 6.04. The van der Waals surface area contributed by atoms with Crippen LogP contribution in [-0.4, -0.2) is 11.8 Å². The van der Waals surface area contributed by atoms with Crippen molar-refractivity contribution in [3.8, 4) is 0 Å². The van der Waals surface area contributed by atoms with Gasteiger partial charge in [-0.05, 0) is 35.7 Å². The molecule has 0 aliphatic heterocycles. The molecule has 0 saturated heterocycles. The largest absolute Gasteiger partial charge is 0.345 e. The molecule has 0 spiro atoms. The lowest BCUT2D eigenvalue weighted by Crippen LogP contribution is -2.28. The van der Waals surface area contributed by atoms with Crippen LogP contribution in [0.5, 0.6) is 0 Å². The minimum atomic E-state index is -0.227. The summed E-state index contributed by atoms with van der Waals surface area (Å²) in [5, 5.41) is 6.00. The van der Waals surface area contributed by atoms with Gasteiger partial charge in [-0.3, -0.25) is 9.59 Å². The first-order chi connectivity index (χ1) is 16.6. The normalized spacial score (nSPS) is 11.6. The molecule has 1 unspecified atom stereocenters. The Kier molecular flexibility index (Phi) is 7.51. The minimum absolute atomic E-state index is 0.0820. The number of rotatable bonds is 8. The molecule has 0 aromatic heterocycles. The van der Waals surface area contributed by atoms with Crippen LogP contribution in [0.25, 0.3) is 0 Å². The summed E-state index contributed by atoms with van der Waals surface area (Å²) in [5.74, 6) is -0.453. The fourth-order valence-corrected chi connectivity index (χ4v) is 4.08. The Morgan fingerprint density at radius 3 is 1.68 bits per heavy atom. The third-order valence-electron chi connectivity index (χ3n) is 5.89. The van der Waals surface area contributed by atoms with Crippen LogP contribution in [0.4, 0.5) is 5.69 Å². The van der Waals surface area contributed by atoms with Gasteiger partial charge in [0.05, 0.1) is 17.3 Å². The van der Waals surface area contributed by atoms with Crippen molar-refractivity contribution in [2.24, 2.45) is 0 Å². The minimum Gasteiger partial charge on any atom is -0.345 e. The first-order valence-corrected chi connectivity index (χ1v) is 11.5. The van der Waals surface area contributed by atoms with E-state index in [0.717, 1.165) is 16.7 Å². The van der Waals surface area contributed by atoms with Crippen molar-refractivity contribution in [3.05, 3.63) is 138 Å². The predicted molar refractivity (Wildman–Crippen MR) is 137 cm³/mol. The highest BCUT2D eigenvalue weighted by Crippen LogP contribution is 2.28. The molecule has 0 saturated carbocycles. The number of benzene rings is 4. The third kappa shape index (κ3) is 5.78. The molecule has 0 aliphatic rings. The van der Waals surface area contributed by atoms with Gasteiger partial charge in [0.15, 0.2) is 0 Å².